The first-order valence-corrected chi connectivity index (χ1v) is 14.3. The Hall–Kier alpha value is -3.02. The van der Waals surface area contributed by atoms with Gasteiger partial charge in [0.25, 0.3) is 0 Å². The topological polar surface area (TPSA) is 44.8 Å². The lowest BCUT2D eigenvalue weighted by molar-refractivity contribution is -0.225. The maximum Gasteiger partial charge on any atom is 0.422 e. The van der Waals surface area contributed by atoms with Crippen molar-refractivity contribution in [1.29, 1.82) is 0 Å². The predicted molar refractivity (Wildman–Crippen MR) is 149 cm³/mol. The molecule has 3 aliphatic rings. The van der Waals surface area contributed by atoms with E-state index in [1.165, 1.54) is 5.57 Å². The molecule has 0 radical (unpaired) electrons. The second kappa shape index (κ2) is 13.1. The third kappa shape index (κ3) is 7.43. The molecule has 4 nitrogen and oxygen atoms in total. The van der Waals surface area contributed by atoms with Crippen LogP contribution < -0.4 is 0 Å². The maximum atomic E-state index is 14.5. The lowest BCUT2D eigenvalue weighted by atomic mass is 9.79. The largest absolute Gasteiger partial charge is 0.422 e. The molecule has 4 atom stereocenters. The van der Waals surface area contributed by atoms with Crippen molar-refractivity contribution >= 4 is 5.78 Å². The van der Waals surface area contributed by atoms with Crippen LogP contribution in [0.25, 0.3) is 0 Å². The van der Waals surface area contributed by atoms with E-state index in [0.717, 1.165) is 24.0 Å². The number of hydrogen-bond donors (Lipinski definition) is 0. The number of carbonyl (C=O) groups excluding carboxylic acids is 1. The zero-order valence-corrected chi connectivity index (χ0v) is 25.1. The van der Waals surface area contributed by atoms with Crippen LogP contribution in [0.5, 0.6) is 0 Å². The van der Waals surface area contributed by atoms with Crippen LogP contribution >= 0.6 is 0 Å². The van der Waals surface area contributed by atoms with Crippen LogP contribution in [0.4, 0.5) is 30.7 Å². The van der Waals surface area contributed by atoms with Crippen molar-refractivity contribution in [3.05, 3.63) is 92.6 Å². The normalized spacial score (nSPS) is 25.8. The van der Waals surface area contributed by atoms with E-state index in [9.17, 15) is 35.5 Å². The zero-order chi connectivity index (χ0) is 32.6. The number of carbonyl (C=O) groups is 1. The quantitative estimate of drug-likeness (QED) is 0.164. The van der Waals surface area contributed by atoms with E-state index < -0.39 is 65.0 Å². The van der Waals surface area contributed by atoms with E-state index in [2.05, 4.69) is 6.08 Å². The number of hydrogen-bond acceptors (Lipinski definition) is 4. The molecule has 1 spiro atoms. The number of alkyl halides is 3. The molecule has 0 N–H and O–H groups in total. The highest BCUT2D eigenvalue weighted by Crippen LogP contribution is 2.43. The van der Waals surface area contributed by atoms with Gasteiger partial charge in [0.05, 0.1) is 31.0 Å². The summed E-state index contributed by atoms with van der Waals surface area (Å²) in [6, 6.07) is 0. The molecule has 0 fully saturated rings. The third-order valence-corrected chi connectivity index (χ3v) is 7.86. The Morgan fingerprint density at radius 2 is 1.64 bits per heavy atom. The average Bonchev–Trinajstić information content (AvgIpc) is 2.89. The molecule has 44 heavy (non-hydrogen) atoms. The summed E-state index contributed by atoms with van der Waals surface area (Å²) in [4.78, 5) is 12.6. The Labute approximate surface area is 251 Å². The van der Waals surface area contributed by atoms with Crippen molar-refractivity contribution in [2.75, 3.05) is 6.61 Å². The molecule has 1 aromatic carbocycles. The fraction of sp³-hybridized carbons (Fsp3) is 0.485. The van der Waals surface area contributed by atoms with Crippen molar-refractivity contribution < 1.29 is 49.7 Å². The molecule has 0 amide bonds. The molecule has 11 heteroatoms. The fourth-order valence-electron chi connectivity index (χ4n) is 5.73. The molecule has 0 aromatic heterocycles. The van der Waals surface area contributed by atoms with Gasteiger partial charge in [-0.3, -0.25) is 4.79 Å². The second-order valence-corrected chi connectivity index (χ2v) is 11.9. The molecule has 0 saturated carbocycles. The van der Waals surface area contributed by atoms with Crippen LogP contribution in [-0.4, -0.2) is 30.4 Å². The summed E-state index contributed by atoms with van der Waals surface area (Å²) in [6.45, 7) is 8.23. The monoisotopic (exact) mass is 628 g/mol. The summed E-state index contributed by atoms with van der Waals surface area (Å²) in [6.07, 6.45) is 5.01. The van der Waals surface area contributed by atoms with E-state index in [1.807, 2.05) is 33.8 Å². The highest BCUT2D eigenvalue weighted by molar-refractivity contribution is 5.96. The van der Waals surface area contributed by atoms with E-state index in [1.54, 1.807) is 25.2 Å². The van der Waals surface area contributed by atoms with Gasteiger partial charge in [0, 0.05) is 12.3 Å². The van der Waals surface area contributed by atoms with Crippen molar-refractivity contribution in [1.82, 2.24) is 0 Å². The smallest absolute Gasteiger partial charge is 0.372 e. The SMILES string of the molecule is CC(C)=CCC/C(C)=C/[C@@H]1CC(C)=C[C@]2(C=C(COCc3c(F)c(F)c(C(F)(F)F)c(F)c3F)[C@H]3CC(=O)C(C)=C[C@H]3O2)O1. The minimum Gasteiger partial charge on any atom is -0.372 e. The van der Waals surface area contributed by atoms with Crippen LogP contribution in [0.15, 0.2) is 58.2 Å². The number of fused-ring (bicyclic) bond motifs is 1. The van der Waals surface area contributed by atoms with Gasteiger partial charge in [-0.05, 0) is 83.3 Å². The van der Waals surface area contributed by atoms with Gasteiger partial charge in [0.15, 0.2) is 29.1 Å². The van der Waals surface area contributed by atoms with Gasteiger partial charge in [0.2, 0.25) is 5.79 Å². The summed E-state index contributed by atoms with van der Waals surface area (Å²) >= 11 is 0. The Kier molecular flexibility index (Phi) is 10.1. The highest BCUT2D eigenvalue weighted by Gasteiger charge is 2.46. The van der Waals surface area contributed by atoms with Crippen molar-refractivity contribution in [3.8, 4) is 0 Å². The number of allylic oxidation sites excluding steroid dienone is 4. The van der Waals surface area contributed by atoms with Crippen LogP contribution in [-0.2, 0) is 31.8 Å². The molecule has 240 valence electrons. The van der Waals surface area contributed by atoms with E-state index in [0.29, 0.717) is 17.6 Å². The molecule has 0 bridgehead atoms. The molecule has 1 aromatic rings. The fourth-order valence-corrected chi connectivity index (χ4v) is 5.73. The van der Waals surface area contributed by atoms with Gasteiger partial charge in [-0.25, -0.2) is 17.6 Å². The molecule has 2 heterocycles. The molecular formula is C33H35F7O4. The highest BCUT2D eigenvalue weighted by atomic mass is 19.4. The van der Waals surface area contributed by atoms with Crippen LogP contribution in [0.2, 0.25) is 0 Å². The minimum absolute atomic E-state index is 0.0417. The Balaban J connectivity index is 1.62. The Morgan fingerprint density at radius 1 is 0.977 bits per heavy atom. The number of Topliss-reactive ketones (excluding diaryl/α,β-unsaturated/α-hetero) is 1. The second-order valence-electron chi connectivity index (χ2n) is 11.9. The number of benzene rings is 1. The summed E-state index contributed by atoms with van der Waals surface area (Å²) in [5.74, 6) is -11.5. The maximum absolute atomic E-state index is 14.5. The van der Waals surface area contributed by atoms with E-state index >= 15 is 0 Å². The zero-order valence-electron chi connectivity index (χ0n) is 25.1. The first kappa shape index (κ1) is 33.9. The summed E-state index contributed by atoms with van der Waals surface area (Å²) in [5, 5.41) is 0. The molecular weight excluding hydrogens is 593 g/mol. The number of rotatable bonds is 8. The Bertz CT molecular complexity index is 1430. The molecule has 1 aliphatic carbocycles. The van der Waals surface area contributed by atoms with Crippen molar-refractivity contribution in [3.63, 3.8) is 0 Å². The molecule has 2 aliphatic heterocycles. The van der Waals surface area contributed by atoms with Gasteiger partial charge in [-0.2, -0.15) is 13.2 Å². The van der Waals surface area contributed by atoms with Crippen LogP contribution in [0.3, 0.4) is 0 Å². The number of ketones is 1. The van der Waals surface area contributed by atoms with Crippen molar-refractivity contribution in [2.24, 2.45) is 5.92 Å². The first-order valence-electron chi connectivity index (χ1n) is 14.3. The minimum atomic E-state index is -5.65. The van der Waals surface area contributed by atoms with Crippen molar-refractivity contribution in [2.45, 2.75) is 91.1 Å². The average molecular weight is 629 g/mol. The first-order chi connectivity index (χ1) is 20.5. The number of ether oxygens (including phenoxy) is 3. The lowest BCUT2D eigenvalue weighted by Crippen LogP contribution is -2.49. The summed E-state index contributed by atoms with van der Waals surface area (Å²) < 4.78 is 114. The van der Waals surface area contributed by atoms with Gasteiger partial charge in [0.1, 0.15) is 5.56 Å². The van der Waals surface area contributed by atoms with E-state index in [-0.39, 0.29) is 24.9 Å². The van der Waals surface area contributed by atoms with Gasteiger partial charge in [-0.1, -0.05) is 28.9 Å². The lowest BCUT2D eigenvalue weighted by Gasteiger charge is -2.45. The Morgan fingerprint density at radius 3 is 2.25 bits per heavy atom. The summed E-state index contributed by atoms with van der Waals surface area (Å²) in [5.41, 5.74) is 0.314. The summed E-state index contributed by atoms with van der Waals surface area (Å²) in [7, 11) is 0. The van der Waals surface area contributed by atoms with Crippen LogP contribution in [0.1, 0.15) is 71.4 Å². The third-order valence-electron chi connectivity index (χ3n) is 7.86. The van der Waals surface area contributed by atoms with Gasteiger partial charge >= 0.3 is 6.18 Å². The van der Waals surface area contributed by atoms with Gasteiger partial charge < -0.3 is 14.2 Å². The number of halogens is 7. The standard InChI is InChI=1S/C33H35F7O4/c1-17(2)7-6-8-18(3)9-22-10-19(4)13-32(43-22)14-21(23-12-25(41)20(5)11-26(23)44-32)15-42-16-24-28(34)30(36)27(33(38,39)40)31(37)29(24)35/h7,9,11,13-14,22-23,26H,6,8,10,12,15-16H2,1-5H3/b18-9+/t22-,23-,26-,32+/m1/s1. The van der Waals surface area contributed by atoms with Crippen LogP contribution in [0, 0.1) is 29.2 Å². The molecule has 0 unspecified atom stereocenters. The van der Waals surface area contributed by atoms with E-state index in [4.69, 9.17) is 14.2 Å². The van der Waals surface area contributed by atoms with Gasteiger partial charge in [-0.15, -0.1) is 0 Å². The molecule has 0 saturated heterocycles. The molecule has 4 rings (SSSR count). The predicted octanol–water partition coefficient (Wildman–Crippen LogP) is 8.76.